The number of aryl methyl sites for hydroxylation is 1. The lowest BCUT2D eigenvalue weighted by molar-refractivity contribution is 0.368. The molecule has 0 spiro atoms. The number of fused-ring (bicyclic) bond motifs is 1. The van der Waals surface area contributed by atoms with Crippen molar-refractivity contribution in [1.82, 2.24) is 0 Å². The molecule has 0 aliphatic heterocycles. The third-order valence-electron chi connectivity index (χ3n) is 8.18. The molecule has 0 radical (unpaired) electrons. The lowest BCUT2D eigenvalue weighted by Crippen LogP contribution is -2.61. The fraction of sp³-hybridized carbons (Fsp3) is 0.448. The van der Waals surface area contributed by atoms with Crippen molar-refractivity contribution in [2.75, 3.05) is 6.61 Å². The molecule has 32 heavy (non-hydrogen) atoms. The topological polar surface area (TPSA) is 9.23 Å². The van der Waals surface area contributed by atoms with Crippen LogP contribution in [0.5, 0.6) is 5.75 Å². The van der Waals surface area contributed by atoms with Crippen molar-refractivity contribution >= 4 is 37.8 Å². The molecule has 0 bridgehead atoms. The first-order chi connectivity index (χ1) is 15.0. The van der Waals surface area contributed by atoms with Gasteiger partial charge < -0.3 is 4.74 Å². The molecular formula is C29H42OSi2. The van der Waals surface area contributed by atoms with E-state index in [9.17, 15) is 0 Å². The van der Waals surface area contributed by atoms with Gasteiger partial charge in [-0.05, 0) is 45.1 Å². The fourth-order valence-corrected chi connectivity index (χ4v) is 12.1. The molecule has 1 aliphatic carbocycles. The highest BCUT2D eigenvalue weighted by Crippen LogP contribution is 2.38. The van der Waals surface area contributed by atoms with Crippen LogP contribution in [0.3, 0.4) is 0 Å². The van der Waals surface area contributed by atoms with Gasteiger partial charge in [0.2, 0.25) is 0 Å². The Balaban J connectivity index is 2.40. The van der Waals surface area contributed by atoms with Crippen LogP contribution in [0.25, 0.3) is 6.08 Å². The monoisotopic (exact) mass is 462 g/mol. The van der Waals surface area contributed by atoms with Gasteiger partial charge in [0.15, 0.2) is 0 Å². The number of benzene rings is 2. The second kappa shape index (κ2) is 9.19. The number of hydrogen-bond acceptors (Lipinski definition) is 1. The van der Waals surface area contributed by atoms with Crippen LogP contribution in [0.2, 0.25) is 30.2 Å². The first-order valence-corrected chi connectivity index (χ1v) is 17.6. The van der Waals surface area contributed by atoms with Gasteiger partial charge in [0.25, 0.3) is 0 Å². The molecule has 0 aromatic heterocycles. The van der Waals surface area contributed by atoms with Crippen LogP contribution in [0.1, 0.15) is 51.3 Å². The predicted molar refractivity (Wildman–Crippen MR) is 149 cm³/mol. The van der Waals surface area contributed by atoms with Gasteiger partial charge in [-0.15, -0.1) is 0 Å². The van der Waals surface area contributed by atoms with Crippen LogP contribution in [-0.2, 0) is 6.42 Å². The largest absolute Gasteiger partial charge is 0.490 e. The van der Waals surface area contributed by atoms with Crippen molar-refractivity contribution in [2.24, 2.45) is 0 Å². The van der Waals surface area contributed by atoms with Crippen LogP contribution < -0.4 is 20.3 Å². The minimum absolute atomic E-state index is 0.240. The highest BCUT2D eigenvalue weighted by Gasteiger charge is 2.44. The van der Waals surface area contributed by atoms with Gasteiger partial charge in [-0.3, -0.25) is 0 Å². The molecule has 1 aliphatic rings. The van der Waals surface area contributed by atoms with E-state index in [1.807, 2.05) is 6.08 Å². The summed E-state index contributed by atoms with van der Waals surface area (Å²) in [5.74, 6) is 1.18. The van der Waals surface area contributed by atoms with E-state index in [1.54, 1.807) is 5.19 Å². The molecule has 0 amide bonds. The Kier molecular flexibility index (Phi) is 7.12. The third-order valence-corrected chi connectivity index (χ3v) is 18.9. The number of hydrogen-bond donors (Lipinski definition) is 0. The normalized spacial score (nSPS) is 13.9. The van der Waals surface area contributed by atoms with E-state index in [1.165, 1.54) is 44.9 Å². The highest BCUT2D eigenvalue weighted by atomic mass is 28.3. The molecule has 1 nitrogen and oxygen atoms in total. The minimum atomic E-state index is -2.04. The second-order valence-electron chi connectivity index (χ2n) is 10.9. The Morgan fingerprint density at radius 3 is 2.28 bits per heavy atom. The van der Waals surface area contributed by atoms with E-state index in [4.69, 9.17) is 4.74 Å². The zero-order valence-electron chi connectivity index (χ0n) is 21.6. The Hall–Kier alpha value is -1.85. The quantitative estimate of drug-likeness (QED) is 0.324. The molecule has 0 atom stereocenters. The van der Waals surface area contributed by atoms with Crippen molar-refractivity contribution in [2.45, 2.75) is 78.2 Å². The van der Waals surface area contributed by atoms with Gasteiger partial charge >= 0.3 is 0 Å². The Labute approximate surface area is 198 Å². The standard InChI is InChI=1S/C29H42OSi2/c1-10-19-30-28-26(31(8,9)29(5,6)7)20-22(4)21-27(28)32(11-2,12-3)25-18-14-16-23-15-13-17-24(23)25/h10,13-14,16-18,20-21H,1,11-12,15,19H2,2-9H3. The van der Waals surface area contributed by atoms with Crippen molar-refractivity contribution in [1.29, 1.82) is 0 Å². The van der Waals surface area contributed by atoms with Gasteiger partial charge in [-0.1, -0.05) is 121 Å². The van der Waals surface area contributed by atoms with E-state index >= 15 is 0 Å². The first-order valence-electron chi connectivity index (χ1n) is 12.2. The fourth-order valence-electron chi connectivity index (χ4n) is 5.16. The summed E-state index contributed by atoms with van der Waals surface area (Å²) in [7, 11) is -3.85. The first kappa shape index (κ1) is 24.8. The molecule has 3 heteroatoms. The summed E-state index contributed by atoms with van der Waals surface area (Å²) in [5, 5.41) is 4.80. The van der Waals surface area contributed by atoms with E-state index in [-0.39, 0.29) is 5.04 Å². The van der Waals surface area contributed by atoms with Gasteiger partial charge in [-0.2, -0.15) is 0 Å². The van der Waals surface area contributed by atoms with Crippen LogP contribution in [-0.4, -0.2) is 22.8 Å². The average molecular weight is 463 g/mol. The molecule has 0 N–H and O–H groups in total. The zero-order chi connectivity index (χ0) is 23.7. The summed E-state index contributed by atoms with van der Waals surface area (Å²) < 4.78 is 6.64. The molecule has 0 fully saturated rings. The molecular weight excluding hydrogens is 420 g/mol. The maximum absolute atomic E-state index is 6.64. The highest BCUT2D eigenvalue weighted by molar-refractivity contribution is 7.04. The van der Waals surface area contributed by atoms with E-state index < -0.39 is 16.1 Å². The van der Waals surface area contributed by atoms with Gasteiger partial charge in [0.05, 0.1) is 8.07 Å². The third kappa shape index (κ3) is 4.10. The van der Waals surface area contributed by atoms with E-state index in [0.717, 1.165) is 6.42 Å². The second-order valence-corrected chi connectivity index (χ2v) is 20.9. The van der Waals surface area contributed by atoms with Crippen molar-refractivity contribution in [3.63, 3.8) is 0 Å². The summed E-state index contributed by atoms with van der Waals surface area (Å²) in [6, 6.07) is 14.3. The summed E-state index contributed by atoms with van der Waals surface area (Å²) in [6.07, 6.45) is 7.64. The Bertz CT molecular complexity index is 1020. The molecule has 0 saturated carbocycles. The molecule has 172 valence electrons. The smallest absolute Gasteiger partial charge is 0.123 e. The van der Waals surface area contributed by atoms with Crippen LogP contribution in [0, 0.1) is 6.92 Å². The lowest BCUT2D eigenvalue weighted by atomic mass is 10.1. The summed E-state index contributed by atoms with van der Waals surface area (Å²) in [6.45, 7) is 23.8. The molecule has 2 aromatic carbocycles. The van der Waals surface area contributed by atoms with Crippen LogP contribution >= 0.6 is 0 Å². The van der Waals surface area contributed by atoms with Crippen LogP contribution in [0.4, 0.5) is 0 Å². The summed E-state index contributed by atoms with van der Waals surface area (Å²) in [4.78, 5) is 0. The van der Waals surface area contributed by atoms with Crippen LogP contribution in [0.15, 0.2) is 49.1 Å². The Morgan fingerprint density at radius 2 is 1.69 bits per heavy atom. The van der Waals surface area contributed by atoms with Crippen molar-refractivity contribution < 1.29 is 4.74 Å². The Morgan fingerprint density at radius 1 is 1.03 bits per heavy atom. The molecule has 2 aromatic rings. The maximum Gasteiger partial charge on any atom is 0.123 e. The number of rotatable bonds is 8. The van der Waals surface area contributed by atoms with Crippen molar-refractivity contribution in [3.8, 4) is 5.75 Å². The average Bonchev–Trinajstić information content (AvgIpc) is 3.22. The van der Waals surface area contributed by atoms with Gasteiger partial charge in [0.1, 0.15) is 20.4 Å². The summed E-state index contributed by atoms with van der Waals surface area (Å²) in [5.41, 5.74) is 4.33. The molecule has 0 saturated heterocycles. The number of ether oxygens (including phenoxy) is 1. The maximum atomic E-state index is 6.64. The summed E-state index contributed by atoms with van der Waals surface area (Å²) >= 11 is 0. The van der Waals surface area contributed by atoms with Gasteiger partial charge in [0, 0.05) is 0 Å². The van der Waals surface area contributed by atoms with E-state index in [0.29, 0.717) is 6.61 Å². The predicted octanol–water partition coefficient (Wildman–Crippen LogP) is 6.45. The molecule has 3 rings (SSSR count). The molecule has 0 unspecified atom stereocenters. The molecule has 0 heterocycles. The SMILES string of the molecule is C=CCOc1c([Si](CC)(CC)c2cccc3c2C=CC3)cc(C)cc1[Si](C)(C)C(C)(C)C. The minimum Gasteiger partial charge on any atom is -0.490 e. The van der Waals surface area contributed by atoms with E-state index in [2.05, 4.69) is 104 Å². The lowest BCUT2D eigenvalue weighted by Gasteiger charge is -2.41. The zero-order valence-corrected chi connectivity index (χ0v) is 23.6. The number of allylic oxidation sites excluding steroid dienone is 1. The van der Waals surface area contributed by atoms with Gasteiger partial charge in [-0.25, -0.2) is 0 Å². The van der Waals surface area contributed by atoms with Crippen molar-refractivity contribution in [3.05, 3.63) is 65.8 Å².